The molecule has 0 saturated carbocycles. The highest BCUT2D eigenvalue weighted by Crippen LogP contribution is 2.23. The van der Waals surface area contributed by atoms with Crippen LogP contribution in [0.2, 0.25) is 0 Å². The highest BCUT2D eigenvalue weighted by atomic mass is 32.2. The average Bonchev–Trinajstić information content (AvgIpc) is 3.05. The van der Waals surface area contributed by atoms with Gasteiger partial charge in [-0.1, -0.05) is 17.4 Å². The fourth-order valence-electron chi connectivity index (χ4n) is 2.84. The highest BCUT2D eigenvalue weighted by Gasteiger charge is 2.17. The molecule has 3 rings (SSSR count). The maximum absolute atomic E-state index is 12.3. The van der Waals surface area contributed by atoms with Crippen LogP contribution in [0.3, 0.4) is 0 Å². The van der Waals surface area contributed by atoms with Gasteiger partial charge in [0, 0.05) is 19.6 Å². The van der Waals surface area contributed by atoms with E-state index in [0.29, 0.717) is 37.6 Å². The van der Waals surface area contributed by atoms with E-state index < -0.39 is 0 Å². The number of thiazole rings is 1. The molecule has 0 spiro atoms. The molecule has 1 aromatic carbocycles. The van der Waals surface area contributed by atoms with Crippen molar-refractivity contribution in [2.24, 2.45) is 4.99 Å². The van der Waals surface area contributed by atoms with E-state index in [9.17, 15) is 9.59 Å². The lowest BCUT2D eigenvalue weighted by atomic mass is 10.3. The largest absolute Gasteiger partial charge is 0.497 e. The molecule has 2 heterocycles. The minimum Gasteiger partial charge on any atom is -0.497 e. The minimum atomic E-state index is -0.254. The van der Waals surface area contributed by atoms with Crippen LogP contribution in [0, 0.1) is 0 Å². The first-order chi connectivity index (χ1) is 13.6. The topological polar surface area (TPSA) is 73.1 Å². The summed E-state index contributed by atoms with van der Waals surface area (Å²) >= 11 is 2.73. The number of carbonyl (C=O) groups is 2. The number of hydrogen-bond donors (Lipinski definition) is 0. The molecule has 1 saturated heterocycles. The molecule has 0 aliphatic carbocycles. The second kappa shape index (κ2) is 9.90. The lowest BCUT2D eigenvalue weighted by molar-refractivity contribution is -0.132. The van der Waals surface area contributed by atoms with E-state index in [-0.39, 0.29) is 23.3 Å². The summed E-state index contributed by atoms with van der Waals surface area (Å²) in [5, 5.41) is 0. The Morgan fingerprint density at radius 1 is 1.36 bits per heavy atom. The predicted molar refractivity (Wildman–Crippen MR) is 112 cm³/mol. The summed E-state index contributed by atoms with van der Waals surface area (Å²) in [5.41, 5.74) is 0.979. The van der Waals surface area contributed by atoms with E-state index in [2.05, 4.69) is 11.6 Å². The van der Waals surface area contributed by atoms with Gasteiger partial charge in [-0.05, 0) is 18.2 Å². The second-order valence-corrected chi connectivity index (χ2v) is 8.10. The van der Waals surface area contributed by atoms with Crippen LogP contribution < -0.4 is 9.54 Å². The number of fused-ring (bicyclic) bond motifs is 1. The van der Waals surface area contributed by atoms with Gasteiger partial charge in [0.05, 0.1) is 42.0 Å². The fourth-order valence-corrected chi connectivity index (χ4v) is 4.62. The van der Waals surface area contributed by atoms with Crippen LogP contribution in [0.25, 0.3) is 10.2 Å². The number of morpholine rings is 1. The summed E-state index contributed by atoms with van der Waals surface area (Å²) in [6.45, 7) is 6.72. The number of ether oxygens (including phenoxy) is 2. The van der Waals surface area contributed by atoms with Gasteiger partial charge in [0.25, 0.3) is 5.91 Å². The average molecular weight is 422 g/mol. The zero-order valence-electron chi connectivity index (χ0n) is 15.8. The van der Waals surface area contributed by atoms with Gasteiger partial charge in [0.1, 0.15) is 5.75 Å². The number of allylic oxidation sites excluding steroid dienone is 1. The normalized spacial score (nSPS) is 15.0. The first kappa shape index (κ1) is 20.6. The molecule has 0 N–H and O–H groups in total. The Hall–Kier alpha value is -2.10. The fraction of sp³-hybridized carbons (Fsp3) is 0.421. The second-order valence-electron chi connectivity index (χ2n) is 6.11. The van der Waals surface area contributed by atoms with E-state index in [4.69, 9.17) is 9.47 Å². The van der Waals surface area contributed by atoms with Crippen LogP contribution in [0.15, 0.2) is 35.8 Å². The van der Waals surface area contributed by atoms with Gasteiger partial charge in [-0.3, -0.25) is 9.59 Å². The smallest absolute Gasteiger partial charge is 0.258 e. The molecule has 1 fully saturated rings. The van der Waals surface area contributed by atoms with Crippen molar-refractivity contribution in [3.63, 3.8) is 0 Å². The summed E-state index contributed by atoms with van der Waals surface area (Å²) in [6, 6.07) is 5.76. The molecule has 0 radical (unpaired) electrons. The van der Waals surface area contributed by atoms with E-state index in [1.165, 1.54) is 23.1 Å². The van der Waals surface area contributed by atoms with Crippen molar-refractivity contribution in [3.8, 4) is 5.75 Å². The van der Waals surface area contributed by atoms with Crippen LogP contribution in [-0.2, 0) is 20.9 Å². The van der Waals surface area contributed by atoms with E-state index in [1.807, 2.05) is 22.8 Å². The molecule has 1 aliphatic rings. The minimum absolute atomic E-state index is 0.0387. The lowest BCUT2D eigenvalue weighted by Crippen LogP contribution is -2.41. The van der Waals surface area contributed by atoms with Gasteiger partial charge in [-0.25, -0.2) is 0 Å². The maximum Gasteiger partial charge on any atom is 0.258 e. The van der Waals surface area contributed by atoms with Crippen LogP contribution in [-0.4, -0.2) is 66.2 Å². The van der Waals surface area contributed by atoms with Crippen molar-refractivity contribution < 1.29 is 19.1 Å². The van der Waals surface area contributed by atoms with Crippen LogP contribution in [0.4, 0.5) is 0 Å². The third kappa shape index (κ3) is 5.03. The van der Waals surface area contributed by atoms with E-state index >= 15 is 0 Å². The summed E-state index contributed by atoms with van der Waals surface area (Å²) in [7, 11) is 1.62. The van der Waals surface area contributed by atoms with Gasteiger partial charge >= 0.3 is 0 Å². The van der Waals surface area contributed by atoms with E-state index in [1.54, 1.807) is 18.1 Å². The molecule has 1 aliphatic heterocycles. The van der Waals surface area contributed by atoms with Crippen molar-refractivity contribution in [2.45, 2.75) is 6.54 Å². The van der Waals surface area contributed by atoms with Gasteiger partial charge in [-0.2, -0.15) is 4.99 Å². The third-order valence-electron chi connectivity index (χ3n) is 4.24. The number of hydrogen-bond acceptors (Lipinski definition) is 6. The van der Waals surface area contributed by atoms with Crippen molar-refractivity contribution in [2.75, 3.05) is 44.9 Å². The molecule has 150 valence electrons. The third-order valence-corrected chi connectivity index (χ3v) is 6.18. The number of benzene rings is 1. The highest BCUT2D eigenvalue weighted by molar-refractivity contribution is 8.00. The van der Waals surface area contributed by atoms with Gasteiger partial charge in [-0.15, -0.1) is 18.3 Å². The lowest BCUT2D eigenvalue weighted by Gasteiger charge is -2.26. The molecule has 9 heteroatoms. The van der Waals surface area contributed by atoms with Gasteiger partial charge in [0.15, 0.2) is 4.80 Å². The zero-order chi connectivity index (χ0) is 19.9. The van der Waals surface area contributed by atoms with Crippen LogP contribution >= 0.6 is 23.1 Å². The van der Waals surface area contributed by atoms with Gasteiger partial charge in [0.2, 0.25) is 5.91 Å². The molecular formula is C19H23N3O4S2. The Labute approximate surface area is 171 Å². The Balaban J connectivity index is 1.68. The number of aromatic nitrogens is 1. The van der Waals surface area contributed by atoms with Crippen LogP contribution in [0.1, 0.15) is 0 Å². The Morgan fingerprint density at radius 2 is 2.14 bits per heavy atom. The number of nitrogens with zero attached hydrogens (tertiary/aromatic N) is 3. The Bertz CT molecular complexity index is 929. The Kier molecular flexibility index (Phi) is 7.30. The quantitative estimate of drug-likeness (QED) is 0.639. The monoisotopic (exact) mass is 421 g/mol. The summed E-state index contributed by atoms with van der Waals surface area (Å²) < 4.78 is 13.5. The summed E-state index contributed by atoms with van der Waals surface area (Å²) in [4.78, 5) is 31.1. The van der Waals surface area contributed by atoms with Crippen molar-refractivity contribution in [3.05, 3.63) is 35.7 Å². The number of rotatable bonds is 7. The number of thioether (sulfide) groups is 1. The summed E-state index contributed by atoms with van der Waals surface area (Å²) in [5.74, 6) is 0.988. The molecule has 28 heavy (non-hydrogen) atoms. The van der Waals surface area contributed by atoms with E-state index in [0.717, 1.165) is 16.0 Å². The SMILES string of the molecule is C=CCn1c(=NC(=O)CSCC(=O)N2CCOCC2)sc2cc(OC)ccc21. The van der Waals surface area contributed by atoms with Crippen LogP contribution in [0.5, 0.6) is 5.75 Å². The first-order valence-corrected chi connectivity index (χ1v) is 10.9. The molecule has 0 atom stereocenters. The first-order valence-electron chi connectivity index (χ1n) is 8.91. The molecular weight excluding hydrogens is 398 g/mol. The molecule has 2 amide bonds. The predicted octanol–water partition coefficient (Wildman–Crippen LogP) is 1.92. The standard InChI is InChI=1S/C19H23N3O4S2/c1-3-6-22-15-5-4-14(25-2)11-16(15)28-19(22)20-17(23)12-27-13-18(24)21-7-9-26-10-8-21/h3-5,11H,1,6-10,12-13H2,2H3. The number of amides is 2. The molecule has 0 bridgehead atoms. The summed E-state index contributed by atoms with van der Waals surface area (Å²) in [6.07, 6.45) is 1.77. The van der Waals surface area contributed by atoms with Crippen molar-refractivity contribution >= 4 is 45.1 Å². The molecule has 0 unspecified atom stereocenters. The molecule has 7 nitrogen and oxygen atoms in total. The number of methoxy groups -OCH3 is 1. The van der Waals surface area contributed by atoms with Crippen molar-refractivity contribution in [1.29, 1.82) is 0 Å². The zero-order valence-corrected chi connectivity index (χ0v) is 17.4. The number of carbonyl (C=O) groups excluding carboxylic acids is 2. The van der Waals surface area contributed by atoms with Crippen molar-refractivity contribution in [1.82, 2.24) is 9.47 Å². The molecule has 1 aromatic heterocycles. The van der Waals surface area contributed by atoms with Gasteiger partial charge < -0.3 is 18.9 Å². The molecule has 2 aromatic rings. The Morgan fingerprint density at radius 3 is 2.86 bits per heavy atom. The maximum atomic E-state index is 12.3.